The van der Waals surface area contributed by atoms with Crippen molar-refractivity contribution in [2.45, 2.75) is 70.3 Å². The number of esters is 1. The van der Waals surface area contributed by atoms with Gasteiger partial charge in [-0.2, -0.15) is 0 Å². The number of hydrogen-bond acceptors (Lipinski definition) is 4. The van der Waals surface area contributed by atoms with Crippen molar-refractivity contribution < 1.29 is 14.6 Å². The number of aliphatic hydroxyl groups is 1. The van der Waals surface area contributed by atoms with E-state index in [4.69, 9.17) is 4.74 Å². The molecule has 0 atom stereocenters. The Bertz CT molecular complexity index is 761. The fourth-order valence-electron chi connectivity index (χ4n) is 5.14. The zero-order chi connectivity index (χ0) is 23.4. The van der Waals surface area contributed by atoms with Crippen molar-refractivity contribution in [2.75, 3.05) is 26.2 Å². The van der Waals surface area contributed by atoms with Gasteiger partial charge in [0.1, 0.15) is 5.60 Å². The van der Waals surface area contributed by atoms with E-state index in [0.717, 1.165) is 56.4 Å². The number of likely N-dealkylation sites (tertiary alicyclic amines) is 1. The summed E-state index contributed by atoms with van der Waals surface area (Å²) in [6, 6.07) is 20.4. The van der Waals surface area contributed by atoms with Crippen molar-refractivity contribution in [1.82, 2.24) is 4.90 Å². The van der Waals surface area contributed by atoms with Crippen LogP contribution in [0, 0.1) is 5.92 Å². The fraction of sp³-hybridized carbons (Fsp3) is 0.552. The highest BCUT2D eigenvalue weighted by Crippen LogP contribution is 2.41. The van der Waals surface area contributed by atoms with E-state index in [2.05, 4.69) is 29.2 Å². The topological polar surface area (TPSA) is 49.8 Å². The molecule has 1 saturated heterocycles. The van der Waals surface area contributed by atoms with Gasteiger partial charge in [0.15, 0.2) is 0 Å². The summed E-state index contributed by atoms with van der Waals surface area (Å²) in [6.07, 6.45) is 9.54. The van der Waals surface area contributed by atoms with Crippen LogP contribution >= 0.6 is 0 Å². The van der Waals surface area contributed by atoms with Crippen LogP contribution in [-0.2, 0) is 15.1 Å². The molecule has 1 N–H and O–H groups in total. The maximum absolute atomic E-state index is 12.0. The monoisotopic (exact) mass is 451 g/mol. The Hall–Kier alpha value is -2.17. The van der Waals surface area contributed by atoms with Gasteiger partial charge >= 0.3 is 5.97 Å². The molecule has 4 nitrogen and oxygen atoms in total. The lowest BCUT2D eigenvalue weighted by Crippen LogP contribution is -2.44. The second kappa shape index (κ2) is 13.5. The highest BCUT2D eigenvalue weighted by atomic mass is 16.5. The number of rotatable bonds is 13. The summed E-state index contributed by atoms with van der Waals surface area (Å²) in [4.78, 5) is 13.9. The Balaban J connectivity index is 1.40. The zero-order valence-corrected chi connectivity index (χ0v) is 20.3. The van der Waals surface area contributed by atoms with Crippen molar-refractivity contribution in [3.05, 3.63) is 71.8 Å². The SMILES string of the molecule is CCOC(=O)CCCCCCCCN1CCC(C(O)(c2ccccc2)c2ccccc2)CC1. The van der Waals surface area contributed by atoms with E-state index in [-0.39, 0.29) is 11.9 Å². The standard InChI is InChI=1S/C29H41NO3/c1-2-33-28(31)19-13-5-3-4-6-14-22-30-23-20-27(21-24-30)29(32,25-15-9-7-10-16-25)26-17-11-8-12-18-26/h7-12,15-18,27,32H,2-6,13-14,19-24H2,1H3. The van der Waals surface area contributed by atoms with Gasteiger partial charge in [0, 0.05) is 6.42 Å². The quantitative estimate of drug-likeness (QED) is 0.303. The zero-order valence-electron chi connectivity index (χ0n) is 20.3. The molecule has 2 aromatic carbocycles. The molecule has 0 unspecified atom stereocenters. The van der Waals surface area contributed by atoms with Crippen LogP contribution in [0.2, 0.25) is 0 Å². The first-order valence-corrected chi connectivity index (χ1v) is 12.9. The van der Waals surface area contributed by atoms with Crippen molar-refractivity contribution in [3.8, 4) is 0 Å². The van der Waals surface area contributed by atoms with Gasteiger partial charge in [-0.25, -0.2) is 0 Å². The molecule has 0 radical (unpaired) electrons. The van der Waals surface area contributed by atoms with E-state index >= 15 is 0 Å². The molecule has 0 aliphatic carbocycles. The number of hydrogen-bond donors (Lipinski definition) is 1. The number of benzene rings is 2. The van der Waals surface area contributed by atoms with Crippen LogP contribution in [0.15, 0.2) is 60.7 Å². The fourth-order valence-corrected chi connectivity index (χ4v) is 5.14. The molecule has 2 aromatic rings. The summed E-state index contributed by atoms with van der Waals surface area (Å²) in [5.74, 6) is 0.158. The van der Waals surface area contributed by atoms with Crippen molar-refractivity contribution in [3.63, 3.8) is 0 Å². The van der Waals surface area contributed by atoms with Gasteiger partial charge < -0.3 is 14.7 Å². The largest absolute Gasteiger partial charge is 0.466 e. The molecule has 0 aromatic heterocycles. The Morgan fingerprint density at radius 1 is 0.879 bits per heavy atom. The van der Waals surface area contributed by atoms with E-state index in [9.17, 15) is 9.90 Å². The van der Waals surface area contributed by atoms with E-state index < -0.39 is 5.60 Å². The molecule has 1 fully saturated rings. The van der Waals surface area contributed by atoms with Crippen LogP contribution in [0.4, 0.5) is 0 Å². The van der Waals surface area contributed by atoms with Gasteiger partial charge in [-0.1, -0.05) is 86.3 Å². The maximum Gasteiger partial charge on any atom is 0.305 e. The van der Waals surface area contributed by atoms with E-state index in [0.29, 0.717) is 13.0 Å². The second-order valence-electron chi connectivity index (χ2n) is 9.29. The minimum absolute atomic E-state index is 0.0627. The van der Waals surface area contributed by atoms with Crippen LogP contribution < -0.4 is 0 Å². The molecule has 1 heterocycles. The first-order chi connectivity index (χ1) is 16.1. The third-order valence-corrected chi connectivity index (χ3v) is 7.02. The summed E-state index contributed by atoms with van der Waals surface area (Å²) >= 11 is 0. The first-order valence-electron chi connectivity index (χ1n) is 12.9. The van der Waals surface area contributed by atoms with Gasteiger partial charge in [-0.3, -0.25) is 4.79 Å². The smallest absolute Gasteiger partial charge is 0.305 e. The molecule has 1 aliphatic rings. The molecule has 4 heteroatoms. The minimum Gasteiger partial charge on any atom is -0.466 e. The van der Waals surface area contributed by atoms with E-state index in [1.165, 1.54) is 25.7 Å². The lowest BCUT2D eigenvalue weighted by atomic mass is 9.72. The number of carbonyl (C=O) groups is 1. The molecular formula is C29H41NO3. The highest BCUT2D eigenvalue weighted by Gasteiger charge is 2.41. The second-order valence-corrected chi connectivity index (χ2v) is 9.29. The summed E-state index contributed by atoms with van der Waals surface area (Å²) < 4.78 is 4.97. The van der Waals surface area contributed by atoms with Gasteiger partial charge in [0.25, 0.3) is 0 Å². The summed E-state index contributed by atoms with van der Waals surface area (Å²) in [6.45, 7) is 5.57. The summed E-state index contributed by atoms with van der Waals surface area (Å²) in [5.41, 5.74) is 1.06. The van der Waals surface area contributed by atoms with E-state index in [1.807, 2.05) is 43.3 Å². The third-order valence-electron chi connectivity index (χ3n) is 7.02. The first kappa shape index (κ1) is 25.5. The lowest BCUT2D eigenvalue weighted by molar-refractivity contribution is -0.143. The molecule has 180 valence electrons. The number of carbonyl (C=O) groups excluding carboxylic acids is 1. The molecule has 0 amide bonds. The van der Waals surface area contributed by atoms with Crippen LogP contribution in [0.1, 0.15) is 75.8 Å². The summed E-state index contributed by atoms with van der Waals surface area (Å²) in [5, 5.41) is 12.0. The van der Waals surface area contributed by atoms with Crippen molar-refractivity contribution >= 4 is 5.97 Å². The Kier molecular flexibility index (Phi) is 10.4. The highest BCUT2D eigenvalue weighted by molar-refractivity contribution is 5.69. The van der Waals surface area contributed by atoms with E-state index in [1.54, 1.807) is 0 Å². The number of unbranched alkanes of at least 4 members (excludes halogenated alkanes) is 5. The molecule has 0 spiro atoms. The molecule has 3 rings (SSSR count). The molecular weight excluding hydrogens is 410 g/mol. The predicted molar refractivity (Wildman–Crippen MR) is 134 cm³/mol. The molecule has 0 bridgehead atoms. The Morgan fingerprint density at radius 2 is 1.39 bits per heavy atom. The number of nitrogens with zero attached hydrogens (tertiary/aromatic N) is 1. The van der Waals surface area contributed by atoms with Crippen LogP contribution in [-0.4, -0.2) is 42.2 Å². The Labute approximate surface area is 200 Å². The molecule has 33 heavy (non-hydrogen) atoms. The molecule has 1 aliphatic heterocycles. The minimum atomic E-state index is -0.932. The predicted octanol–water partition coefficient (Wildman–Crippen LogP) is 5.93. The number of ether oxygens (including phenoxy) is 1. The van der Waals surface area contributed by atoms with Crippen LogP contribution in [0.5, 0.6) is 0 Å². The van der Waals surface area contributed by atoms with Crippen LogP contribution in [0.25, 0.3) is 0 Å². The van der Waals surface area contributed by atoms with Gasteiger partial charge in [-0.05, 0) is 69.3 Å². The molecule has 0 saturated carbocycles. The van der Waals surface area contributed by atoms with Gasteiger partial charge in [-0.15, -0.1) is 0 Å². The summed E-state index contributed by atoms with van der Waals surface area (Å²) in [7, 11) is 0. The Morgan fingerprint density at radius 3 is 1.94 bits per heavy atom. The van der Waals surface area contributed by atoms with Gasteiger partial charge in [0.2, 0.25) is 0 Å². The third kappa shape index (κ3) is 7.41. The average molecular weight is 452 g/mol. The maximum atomic E-state index is 12.0. The average Bonchev–Trinajstić information content (AvgIpc) is 2.87. The normalized spacial score (nSPS) is 15.5. The van der Waals surface area contributed by atoms with Crippen molar-refractivity contribution in [1.29, 1.82) is 0 Å². The van der Waals surface area contributed by atoms with Crippen molar-refractivity contribution in [2.24, 2.45) is 5.92 Å². The number of piperidine rings is 1. The van der Waals surface area contributed by atoms with Crippen LogP contribution in [0.3, 0.4) is 0 Å². The lowest BCUT2D eigenvalue weighted by Gasteiger charge is -2.42. The van der Waals surface area contributed by atoms with Gasteiger partial charge in [0.05, 0.1) is 6.61 Å².